The molecule has 0 spiro atoms. The van der Waals surface area contributed by atoms with Crippen molar-refractivity contribution >= 4 is 16.7 Å². The van der Waals surface area contributed by atoms with Crippen LogP contribution in [0, 0.1) is 0 Å². The highest BCUT2D eigenvalue weighted by Crippen LogP contribution is 2.35. The van der Waals surface area contributed by atoms with Crippen molar-refractivity contribution in [2.75, 3.05) is 14.2 Å². The first-order valence-corrected chi connectivity index (χ1v) is 7.94. The van der Waals surface area contributed by atoms with Gasteiger partial charge in [-0.3, -0.25) is 0 Å². The molecule has 7 heteroatoms. The van der Waals surface area contributed by atoms with Crippen LogP contribution in [0.5, 0.6) is 11.5 Å². The van der Waals surface area contributed by atoms with Crippen molar-refractivity contribution in [1.29, 1.82) is 0 Å². The maximum Gasteiger partial charge on any atom is 0.161 e. The summed E-state index contributed by atoms with van der Waals surface area (Å²) >= 11 is 0. The molecule has 128 valence electrons. The van der Waals surface area contributed by atoms with Crippen LogP contribution in [-0.4, -0.2) is 30.2 Å². The van der Waals surface area contributed by atoms with Crippen LogP contribution in [-0.2, 0) is 17.9 Å². The largest absolute Gasteiger partial charge is 0.493 e. The van der Waals surface area contributed by atoms with Gasteiger partial charge in [0.15, 0.2) is 11.5 Å². The van der Waals surface area contributed by atoms with Crippen molar-refractivity contribution in [2.45, 2.75) is 19.4 Å². The van der Waals surface area contributed by atoms with Crippen LogP contribution in [0.15, 0.2) is 40.1 Å². The molecule has 25 heavy (non-hydrogen) atoms. The van der Waals surface area contributed by atoms with Gasteiger partial charge < -0.3 is 14.3 Å². The molecule has 3 aromatic rings. The molecule has 1 heterocycles. The summed E-state index contributed by atoms with van der Waals surface area (Å²) in [6.45, 7) is 0.356. The van der Waals surface area contributed by atoms with Gasteiger partial charge in [-0.05, 0) is 58.5 Å². The number of ether oxygens (including phenoxy) is 2. The van der Waals surface area contributed by atoms with E-state index in [2.05, 4.69) is 15.5 Å². The Bertz CT molecular complexity index is 949. The summed E-state index contributed by atoms with van der Waals surface area (Å²) < 4.78 is 15.4. The minimum absolute atomic E-state index is 0.356. The normalized spacial score (nSPS) is 14.7. The zero-order chi connectivity index (χ0) is 17.2. The molecule has 4 rings (SSSR count). The fourth-order valence-electron chi connectivity index (χ4n) is 2.98. The van der Waals surface area contributed by atoms with Gasteiger partial charge in [-0.2, -0.15) is 0 Å². The van der Waals surface area contributed by atoms with Crippen LogP contribution >= 0.6 is 0 Å². The van der Waals surface area contributed by atoms with Gasteiger partial charge in [0, 0.05) is 5.56 Å². The molecule has 0 saturated heterocycles. The van der Waals surface area contributed by atoms with Crippen LogP contribution in [0.3, 0.4) is 0 Å². The fraction of sp³-hybridized carbons (Fsp3) is 0.278. The van der Waals surface area contributed by atoms with E-state index in [1.807, 2.05) is 30.3 Å². The average molecular weight is 339 g/mol. The molecule has 0 unspecified atom stereocenters. The van der Waals surface area contributed by atoms with Gasteiger partial charge >= 0.3 is 0 Å². The maximum atomic E-state index is 5.55. The summed E-state index contributed by atoms with van der Waals surface area (Å²) in [5, 5.41) is 11.9. The molecular weight excluding hydrogens is 322 g/mol. The Balaban J connectivity index is 1.51. The zero-order valence-electron chi connectivity index (χ0n) is 14.0. The third kappa shape index (κ3) is 2.88. The topological polar surface area (TPSA) is 79.0 Å². The van der Waals surface area contributed by atoms with Crippen molar-refractivity contribution in [2.24, 2.45) is 5.16 Å². The molecule has 2 aromatic carbocycles. The van der Waals surface area contributed by atoms with E-state index in [1.54, 1.807) is 14.2 Å². The Labute approximate surface area is 144 Å². The Morgan fingerprint density at radius 3 is 2.64 bits per heavy atom. The Kier molecular flexibility index (Phi) is 3.97. The molecule has 1 aromatic heterocycles. The summed E-state index contributed by atoms with van der Waals surface area (Å²) in [7, 11) is 3.26. The molecule has 0 amide bonds. The molecule has 1 aliphatic carbocycles. The lowest BCUT2D eigenvalue weighted by Gasteiger charge is -2.10. The minimum Gasteiger partial charge on any atom is -0.493 e. The summed E-state index contributed by atoms with van der Waals surface area (Å²) in [5.41, 5.74) is 5.54. The highest BCUT2D eigenvalue weighted by atomic mass is 16.6. The number of aryl methyl sites for hydroxylation is 1. The van der Waals surface area contributed by atoms with E-state index in [1.165, 1.54) is 5.56 Å². The summed E-state index contributed by atoms with van der Waals surface area (Å²) in [4.78, 5) is 5.55. The van der Waals surface area contributed by atoms with Gasteiger partial charge in [0.2, 0.25) is 0 Å². The smallest absolute Gasteiger partial charge is 0.161 e. The summed E-state index contributed by atoms with van der Waals surface area (Å²) in [6.07, 6.45) is 1.74. The maximum absolute atomic E-state index is 5.55. The van der Waals surface area contributed by atoms with Crippen molar-refractivity contribution in [3.8, 4) is 11.5 Å². The number of oxime groups is 1. The molecule has 0 atom stereocenters. The van der Waals surface area contributed by atoms with Gasteiger partial charge in [0.25, 0.3) is 0 Å². The first-order valence-electron chi connectivity index (χ1n) is 7.94. The number of fused-ring (bicyclic) bond motifs is 2. The lowest BCUT2D eigenvalue weighted by Crippen LogP contribution is -1.99. The monoisotopic (exact) mass is 339 g/mol. The molecule has 1 aliphatic rings. The third-order valence-corrected chi connectivity index (χ3v) is 4.28. The van der Waals surface area contributed by atoms with E-state index in [-0.39, 0.29) is 0 Å². The first kappa shape index (κ1) is 15.4. The van der Waals surface area contributed by atoms with Crippen LogP contribution < -0.4 is 9.47 Å². The number of benzene rings is 2. The van der Waals surface area contributed by atoms with E-state index in [4.69, 9.17) is 18.9 Å². The van der Waals surface area contributed by atoms with E-state index in [0.717, 1.165) is 40.9 Å². The number of aromatic nitrogens is 2. The highest BCUT2D eigenvalue weighted by Gasteiger charge is 2.22. The fourth-order valence-corrected chi connectivity index (χ4v) is 2.98. The van der Waals surface area contributed by atoms with Crippen LogP contribution in [0.1, 0.15) is 23.1 Å². The van der Waals surface area contributed by atoms with E-state index >= 15 is 0 Å². The SMILES string of the molecule is COc1cc2c(cc1OC)/C(=N\OCc1ccc3nonc3c1)CC2. The number of hydrogen-bond acceptors (Lipinski definition) is 7. The summed E-state index contributed by atoms with van der Waals surface area (Å²) in [6, 6.07) is 9.60. The van der Waals surface area contributed by atoms with Crippen molar-refractivity contribution in [3.63, 3.8) is 0 Å². The molecule has 0 N–H and O–H groups in total. The lowest BCUT2D eigenvalue weighted by atomic mass is 10.1. The highest BCUT2D eigenvalue weighted by molar-refractivity contribution is 6.04. The predicted molar refractivity (Wildman–Crippen MR) is 91.0 cm³/mol. The van der Waals surface area contributed by atoms with Gasteiger partial charge in [-0.25, -0.2) is 4.63 Å². The van der Waals surface area contributed by atoms with Crippen LogP contribution in [0.25, 0.3) is 11.0 Å². The van der Waals surface area contributed by atoms with Gasteiger partial charge in [0.1, 0.15) is 17.6 Å². The summed E-state index contributed by atoms with van der Waals surface area (Å²) in [5.74, 6) is 1.43. The van der Waals surface area contributed by atoms with E-state index < -0.39 is 0 Å². The second-order valence-corrected chi connectivity index (χ2v) is 5.76. The van der Waals surface area contributed by atoms with Gasteiger partial charge in [-0.1, -0.05) is 11.2 Å². The zero-order valence-corrected chi connectivity index (χ0v) is 14.0. The lowest BCUT2D eigenvalue weighted by molar-refractivity contribution is 0.130. The molecule has 0 saturated carbocycles. The number of nitrogens with zero attached hydrogens (tertiary/aromatic N) is 3. The van der Waals surface area contributed by atoms with Gasteiger partial charge in [-0.15, -0.1) is 0 Å². The Morgan fingerprint density at radius 1 is 1.00 bits per heavy atom. The number of rotatable bonds is 5. The molecule has 0 aliphatic heterocycles. The van der Waals surface area contributed by atoms with E-state index in [9.17, 15) is 0 Å². The molecule has 0 radical (unpaired) electrons. The molecular formula is C18H17N3O4. The minimum atomic E-state index is 0.356. The third-order valence-electron chi connectivity index (χ3n) is 4.28. The van der Waals surface area contributed by atoms with E-state index in [0.29, 0.717) is 17.9 Å². The first-order chi connectivity index (χ1) is 12.3. The molecule has 0 fully saturated rings. The van der Waals surface area contributed by atoms with Crippen molar-refractivity contribution < 1.29 is 18.9 Å². The second kappa shape index (κ2) is 6.43. The molecule has 7 nitrogen and oxygen atoms in total. The van der Waals surface area contributed by atoms with Crippen molar-refractivity contribution in [1.82, 2.24) is 10.3 Å². The standard InChI is InChI=1S/C18H17N3O4/c1-22-17-8-12-4-6-14(13(12)9-18(17)23-2)19-24-10-11-3-5-15-16(7-11)21-25-20-15/h3,5,7-9H,4,6,10H2,1-2H3/b19-14-. The second-order valence-electron chi connectivity index (χ2n) is 5.76. The van der Waals surface area contributed by atoms with Crippen LogP contribution in [0.4, 0.5) is 0 Å². The Hall–Kier alpha value is -3.09. The quantitative estimate of drug-likeness (QED) is 0.665. The van der Waals surface area contributed by atoms with Crippen LogP contribution in [0.2, 0.25) is 0 Å². The average Bonchev–Trinajstić information content (AvgIpc) is 3.26. The Morgan fingerprint density at radius 2 is 1.80 bits per heavy atom. The predicted octanol–water partition coefficient (Wildman–Crippen LogP) is 3.11. The molecule has 0 bridgehead atoms. The number of hydrogen-bond donors (Lipinski definition) is 0. The van der Waals surface area contributed by atoms with Gasteiger partial charge in [0.05, 0.1) is 19.9 Å². The van der Waals surface area contributed by atoms with Crippen molar-refractivity contribution in [3.05, 3.63) is 47.0 Å². The number of methoxy groups -OCH3 is 2.